The van der Waals surface area contributed by atoms with Gasteiger partial charge in [0.25, 0.3) is 0 Å². The van der Waals surface area contributed by atoms with Gasteiger partial charge in [0.05, 0.1) is 0 Å². The fourth-order valence-corrected chi connectivity index (χ4v) is 2.13. The van der Waals surface area contributed by atoms with Crippen LogP contribution in [0.1, 0.15) is 41.5 Å². The Labute approximate surface area is 102 Å². The van der Waals surface area contributed by atoms with Gasteiger partial charge in [-0.15, -0.1) is 0 Å². The van der Waals surface area contributed by atoms with Gasteiger partial charge in [0.15, 0.2) is 0 Å². The molecule has 0 radical (unpaired) electrons. The molecule has 0 aliphatic carbocycles. The van der Waals surface area contributed by atoms with E-state index in [0.29, 0.717) is 0 Å². The molecule has 2 rings (SSSR count). The molecule has 2 unspecified atom stereocenters. The third kappa shape index (κ3) is 2.39. The molecule has 3 nitrogen and oxygen atoms in total. The van der Waals surface area contributed by atoms with Gasteiger partial charge in [0.2, 0.25) is 0 Å². The summed E-state index contributed by atoms with van der Waals surface area (Å²) in [5.74, 6) is 2.07. The van der Waals surface area contributed by atoms with Gasteiger partial charge in [-0.25, -0.2) is 0 Å². The lowest BCUT2D eigenvalue weighted by Crippen LogP contribution is -2.17. The van der Waals surface area contributed by atoms with Crippen LogP contribution in [0.3, 0.4) is 0 Å². The Morgan fingerprint density at radius 2 is 1.88 bits per heavy atom. The minimum absolute atomic E-state index is 0.0464. The van der Waals surface area contributed by atoms with Crippen LogP contribution < -0.4 is 5.73 Å². The predicted octanol–water partition coefficient (Wildman–Crippen LogP) is 3.09. The highest BCUT2D eigenvalue weighted by Gasteiger charge is 2.20. The van der Waals surface area contributed by atoms with Gasteiger partial charge in [-0.2, -0.15) is 0 Å². The first-order valence-corrected chi connectivity index (χ1v) is 5.82. The molecule has 3 heteroatoms. The lowest BCUT2D eigenvalue weighted by Gasteiger charge is -2.19. The first kappa shape index (κ1) is 11.9. The summed E-state index contributed by atoms with van der Waals surface area (Å²) in [5.41, 5.74) is 8.59. The first-order valence-electron chi connectivity index (χ1n) is 5.82. The monoisotopic (exact) mass is 230 g/mol. The highest BCUT2D eigenvalue weighted by atomic mass is 16.3. The summed E-state index contributed by atoms with van der Waals surface area (Å²) in [6, 6.07) is 5.99. The number of aryl methyl sites for hydroxylation is 2. The van der Waals surface area contributed by atoms with E-state index in [1.54, 1.807) is 12.4 Å². The summed E-state index contributed by atoms with van der Waals surface area (Å²) in [4.78, 5) is 4.02. The van der Waals surface area contributed by atoms with E-state index < -0.39 is 0 Å². The number of nitrogens with two attached hydrogens (primary N) is 1. The second-order valence-electron chi connectivity index (χ2n) is 4.46. The minimum Gasteiger partial charge on any atom is -0.466 e. The van der Waals surface area contributed by atoms with Crippen molar-refractivity contribution < 1.29 is 4.42 Å². The van der Waals surface area contributed by atoms with Crippen molar-refractivity contribution in [2.75, 3.05) is 0 Å². The van der Waals surface area contributed by atoms with E-state index >= 15 is 0 Å². The Morgan fingerprint density at radius 3 is 2.41 bits per heavy atom. The van der Waals surface area contributed by atoms with Crippen LogP contribution in [0.5, 0.6) is 0 Å². The molecule has 2 atom stereocenters. The lowest BCUT2D eigenvalue weighted by molar-refractivity contribution is 0.491. The zero-order valence-electron chi connectivity index (χ0n) is 10.5. The van der Waals surface area contributed by atoms with E-state index in [1.807, 2.05) is 32.0 Å². The van der Waals surface area contributed by atoms with Gasteiger partial charge in [-0.3, -0.25) is 4.98 Å². The average Bonchev–Trinajstić information content (AvgIpc) is 2.68. The van der Waals surface area contributed by atoms with Crippen LogP contribution >= 0.6 is 0 Å². The van der Waals surface area contributed by atoms with Crippen molar-refractivity contribution in [2.45, 2.75) is 32.7 Å². The molecule has 90 valence electrons. The van der Waals surface area contributed by atoms with E-state index in [0.717, 1.165) is 17.1 Å². The number of aromatic nitrogens is 1. The van der Waals surface area contributed by atoms with E-state index in [9.17, 15) is 0 Å². The average molecular weight is 230 g/mol. The Hall–Kier alpha value is -1.61. The van der Waals surface area contributed by atoms with Gasteiger partial charge in [-0.1, -0.05) is 6.92 Å². The lowest BCUT2D eigenvalue weighted by atomic mass is 9.90. The Balaban J connectivity index is 2.26. The summed E-state index contributed by atoms with van der Waals surface area (Å²) >= 11 is 0. The predicted molar refractivity (Wildman–Crippen MR) is 67.8 cm³/mol. The normalized spacial score (nSPS) is 14.6. The van der Waals surface area contributed by atoms with E-state index in [-0.39, 0.29) is 12.0 Å². The molecule has 2 N–H and O–H groups in total. The van der Waals surface area contributed by atoms with Crippen LogP contribution in [0.4, 0.5) is 0 Å². The van der Waals surface area contributed by atoms with Crippen molar-refractivity contribution in [3.63, 3.8) is 0 Å². The van der Waals surface area contributed by atoms with Crippen LogP contribution in [0, 0.1) is 13.8 Å². The standard InChI is InChI=1S/C14H18N2O/c1-9-8-13(11(3)17-9)14(15)10(2)12-4-6-16-7-5-12/h4-8,10,14H,15H2,1-3H3. The smallest absolute Gasteiger partial charge is 0.105 e. The maximum Gasteiger partial charge on any atom is 0.105 e. The third-order valence-electron chi connectivity index (χ3n) is 3.21. The van der Waals surface area contributed by atoms with Crippen molar-refractivity contribution >= 4 is 0 Å². The number of nitrogens with zero attached hydrogens (tertiary/aromatic N) is 1. The minimum atomic E-state index is -0.0464. The SMILES string of the molecule is Cc1cc(C(N)C(C)c2ccncc2)c(C)o1. The molecule has 0 saturated carbocycles. The summed E-state index contributed by atoms with van der Waals surface area (Å²) in [6.45, 7) is 6.03. The molecule has 0 aliphatic rings. The van der Waals surface area contributed by atoms with Gasteiger partial charge < -0.3 is 10.2 Å². The van der Waals surface area contributed by atoms with Crippen LogP contribution in [-0.2, 0) is 0 Å². The fourth-order valence-electron chi connectivity index (χ4n) is 2.13. The summed E-state index contributed by atoms with van der Waals surface area (Å²) < 4.78 is 5.53. The summed E-state index contributed by atoms with van der Waals surface area (Å²) in [6.07, 6.45) is 3.60. The van der Waals surface area contributed by atoms with Gasteiger partial charge >= 0.3 is 0 Å². The van der Waals surface area contributed by atoms with Gasteiger partial charge in [0, 0.05) is 29.9 Å². The third-order valence-corrected chi connectivity index (χ3v) is 3.21. The molecular formula is C14H18N2O. The molecule has 17 heavy (non-hydrogen) atoms. The van der Waals surface area contributed by atoms with E-state index in [1.165, 1.54) is 5.56 Å². The summed E-state index contributed by atoms with van der Waals surface area (Å²) in [7, 11) is 0. The second-order valence-corrected chi connectivity index (χ2v) is 4.46. The molecule has 0 fully saturated rings. The number of hydrogen-bond donors (Lipinski definition) is 1. The number of furan rings is 1. The largest absolute Gasteiger partial charge is 0.466 e. The van der Waals surface area contributed by atoms with Crippen molar-refractivity contribution in [1.29, 1.82) is 0 Å². The Kier molecular flexibility index (Phi) is 3.29. The van der Waals surface area contributed by atoms with Crippen molar-refractivity contribution in [3.05, 3.63) is 53.2 Å². The second kappa shape index (κ2) is 4.72. The van der Waals surface area contributed by atoms with Crippen LogP contribution in [0.15, 0.2) is 35.0 Å². The molecule has 2 aromatic heterocycles. The van der Waals surface area contributed by atoms with Crippen molar-refractivity contribution in [2.24, 2.45) is 5.73 Å². The van der Waals surface area contributed by atoms with Crippen molar-refractivity contribution in [1.82, 2.24) is 4.98 Å². The summed E-state index contributed by atoms with van der Waals surface area (Å²) in [5, 5.41) is 0. The van der Waals surface area contributed by atoms with E-state index in [4.69, 9.17) is 10.2 Å². The van der Waals surface area contributed by atoms with Crippen LogP contribution in [-0.4, -0.2) is 4.98 Å². The molecule has 0 amide bonds. The molecule has 2 heterocycles. The van der Waals surface area contributed by atoms with E-state index in [2.05, 4.69) is 11.9 Å². The maximum atomic E-state index is 6.30. The fraction of sp³-hybridized carbons (Fsp3) is 0.357. The zero-order chi connectivity index (χ0) is 12.4. The van der Waals surface area contributed by atoms with Crippen molar-refractivity contribution in [3.8, 4) is 0 Å². The first-order chi connectivity index (χ1) is 8.09. The Morgan fingerprint density at radius 1 is 1.24 bits per heavy atom. The number of pyridine rings is 1. The molecule has 2 aromatic rings. The maximum absolute atomic E-state index is 6.30. The van der Waals surface area contributed by atoms with Gasteiger partial charge in [0.1, 0.15) is 11.5 Å². The number of rotatable bonds is 3. The zero-order valence-corrected chi connectivity index (χ0v) is 10.5. The number of hydrogen-bond acceptors (Lipinski definition) is 3. The van der Waals surface area contributed by atoms with Gasteiger partial charge in [-0.05, 0) is 37.6 Å². The van der Waals surface area contributed by atoms with Crippen LogP contribution in [0.25, 0.3) is 0 Å². The molecular weight excluding hydrogens is 212 g/mol. The molecule has 0 aliphatic heterocycles. The highest BCUT2D eigenvalue weighted by molar-refractivity contribution is 5.29. The molecule has 0 aromatic carbocycles. The highest BCUT2D eigenvalue weighted by Crippen LogP contribution is 2.31. The Bertz CT molecular complexity index is 490. The molecule has 0 bridgehead atoms. The quantitative estimate of drug-likeness (QED) is 0.881. The topological polar surface area (TPSA) is 52.0 Å². The molecule has 0 saturated heterocycles. The molecule has 0 spiro atoms. The van der Waals surface area contributed by atoms with Crippen LogP contribution in [0.2, 0.25) is 0 Å².